The van der Waals surface area contributed by atoms with Gasteiger partial charge in [-0.3, -0.25) is 9.59 Å². The van der Waals surface area contributed by atoms with E-state index in [1.165, 1.54) is 0 Å². The summed E-state index contributed by atoms with van der Waals surface area (Å²) in [6.45, 7) is -0.0554. The number of aryl methyl sites for hydroxylation is 1. The first-order valence-corrected chi connectivity index (χ1v) is 7.37. The monoisotopic (exact) mass is 316 g/mol. The maximum Gasteiger partial charge on any atom is 0.243 e. The number of carbonyl (C=O) groups excluding carboxylic acids is 2. The lowest BCUT2D eigenvalue weighted by Crippen LogP contribution is -2.32. The van der Waals surface area contributed by atoms with E-state index in [0.29, 0.717) is 23.6 Å². The van der Waals surface area contributed by atoms with Gasteiger partial charge < -0.3 is 10.6 Å². The van der Waals surface area contributed by atoms with Gasteiger partial charge in [0.05, 0.1) is 6.54 Å². The van der Waals surface area contributed by atoms with Crippen molar-refractivity contribution >= 4 is 29.1 Å². The number of anilines is 1. The number of carbonyl (C=O) groups is 2. The zero-order valence-corrected chi connectivity index (χ0v) is 12.8. The first-order chi connectivity index (χ1) is 10.6. The van der Waals surface area contributed by atoms with Gasteiger partial charge in [-0.1, -0.05) is 48.0 Å². The summed E-state index contributed by atoms with van der Waals surface area (Å²) in [5.74, 6) is -0.430. The second-order valence-electron chi connectivity index (χ2n) is 4.82. The number of amides is 2. The van der Waals surface area contributed by atoms with E-state index < -0.39 is 0 Å². The molecule has 2 rings (SSSR count). The number of nitrogens with one attached hydrogen (secondary N) is 2. The molecule has 0 aromatic heterocycles. The fourth-order valence-corrected chi connectivity index (χ4v) is 2.13. The highest BCUT2D eigenvalue weighted by Crippen LogP contribution is 2.14. The summed E-state index contributed by atoms with van der Waals surface area (Å²) in [6.07, 6.45) is 1.01. The predicted molar refractivity (Wildman–Crippen MR) is 87.9 cm³/mol. The van der Waals surface area contributed by atoms with Crippen LogP contribution in [0.5, 0.6) is 0 Å². The van der Waals surface area contributed by atoms with Crippen LogP contribution in [-0.2, 0) is 16.0 Å². The Morgan fingerprint density at radius 1 is 0.955 bits per heavy atom. The van der Waals surface area contributed by atoms with Gasteiger partial charge >= 0.3 is 0 Å². The molecule has 5 heteroatoms. The molecule has 2 aromatic carbocycles. The molecule has 22 heavy (non-hydrogen) atoms. The van der Waals surface area contributed by atoms with Crippen LogP contribution in [0.2, 0.25) is 5.02 Å². The molecule has 0 fully saturated rings. The Bertz CT molecular complexity index is 644. The Hall–Kier alpha value is -2.33. The van der Waals surface area contributed by atoms with Gasteiger partial charge in [0.25, 0.3) is 0 Å². The molecule has 0 saturated heterocycles. The highest BCUT2D eigenvalue weighted by Gasteiger charge is 2.06. The third-order valence-electron chi connectivity index (χ3n) is 3.04. The number of halogens is 1. The van der Waals surface area contributed by atoms with Crippen LogP contribution < -0.4 is 10.6 Å². The van der Waals surface area contributed by atoms with Crippen molar-refractivity contribution in [2.45, 2.75) is 12.8 Å². The highest BCUT2D eigenvalue weighted by molar-refractivity contribution is 6.30. The summed E-state index contributed by atoms with van der Waals surface area (Å²) in [5, 5.41) is 5.82. The molecule has 0 unspecified atom stereocenters. The Morgan fingerprint density at radius 2 is 1.73 bits per heavy atom. The molecule has 0 aliphatic heterocycles. The van der Waals surface area contributed by atoms with Gasteiger partial charge in [0.1, 0.15) is 0 Å². The van der Waals surface area contributed by atoms with Crippen LogP contribution in [0.3, 0.4) is 0 Å². The summed E-state index contributed by atoms with van der Waals surface area (Å²) < 4.78 is 0. The van der Waals surface area contributed by atoms with Crippen LogP contribution in [0.15, 0.2) is 54.6 Å². The number of hydrogen-bond acceptors (Lipinski definition) is 2. The molecule has 0 saturated carbocycles. The molecule has 2 N–H and O–H groups in total. The summed E-state index contributed by atoms with van der Waals surface area (Å²) in [7, 11) is 0. The summed E-state index contributed by atoms with van der Waals surface area (Å²) in [5.41, 5.74) is 1.71. The first kappa shape index (κ1) is 16.0. The number of benzene rings is 2. The lowest BCUT2D eigenvalue weighted by atomic mass is 10.1. The lowest BCUT2D eigenvalue weighted by Gasteiger charge is -2.07. The second kappa shape index (κ2) is 8.20. The third-order valence-corrected chi connectivity index (χ3v) is 3.27. The molecule has 0 radical (unpaired) electrons. The molecule has 0 aliphatic carbocycles. The minimum Gasteiger partial charge on any atom is -0.347 e. The van der Waals surface area contributed by atoms with E-state index in [9.17, 15) is 9.59 Å². The Balaban J connectivity index is 1.70. The van der Waals surface area contributed by atoms with Gasteiger partial charge in [0.15, 0.2) is 0 Å². The Kier molecular flexibility index (Phi) is 5.98. The number of rotatable bonds is 6. The van der Waals surface area contributed by atoms with Crippen LogP contribution in [0.25, 0.3) is 0 Å². The largest absolute Gasteiger partial charge is 0.347 e. The van der Waals surface area contributed by atoms with E-state index in [1.54, 1.807) is 24.3 Å². The van der Waals surface area contributed by atoms with Gasteiger partial charge in [0, 0.05) is 17.1 Å². The summed E-state index contributed by atoms with van der Waals surface area (Å²) in [4.78, 5) is 23.4. The zero-order chi connectivity index (χ0) is 15.8. The molecule has 2 amide bonds. The molecular weight excluding hydrogens is 300 g/mol. The molecular formula is C17H17ClN2O2. The van der Waals surface area contributed by atoms with Crippen molar-refractivity contribution in [1.29, 1.82) is 0 Å². The Labute approximate surface area is 134 Å². The normalized spacial score (nSPS) is 10.0. The predicted octanol–water partition coefficient (Wildman–Crippen LogP) is 3.03. The van der Waals surface area contributed by atoms with Crippen molar-refractivity contribution in [1.82, 2.24) is 5.32 Å². The van der Waals surface area contributed by atoms with Crippen LogP contribution in [0.1, 0.15) is 12.0 Å². The van der Waals surface area contributed by atoms with Crippen LogP contribution in [0.4, 0.5) is 5.69 Å². The quantitative estimate of drug-likeness (QED) is 0.860. The van der Waals surface area contributed by atoms with Crippen molar-refractivity contribution < 1.29 is 9.59 Å². The van der Waals surface area contributed by atoms with Gasteiger partial charge in [-0.25, -0.2) is 0 Å². The van der Waals surface area contributed by atoms with Gasteiger partial charge in [-0.15, -0.1) is 0 Å². The van der Waals surface area contributed by atoms with Crippen molar-refractivity contribution in [2.24, 2.45) is 0 Å². The fraction of sp³-hybridized carbons (Fsp3) is 0.176. The van der Waals surface area contributed by atoms with Crippen molar-refractivity contribution in [2.75, 3.05) is 11.9 Å². The maximum atomic E-state index is 11.7. The molecule has 0 aliphatic rings. The van der Waals surface area contributed by atoms with Crippen LogP contribution in [-0.4, -0.2) is 18.4 Å². The van der Waals surface area contributed by atoms with E-state index in [-0.39, 0.29) is 18.4 Å². The number of hydrogen-bond donors (Lipinski definition) is 2. The third kappa shape index (κ3) is 5.58. The fourth-order valence-electron chi connectivity index (χ4n) is 1.94. The molecule has 2 aromatic rings. The molecule has 114 valence electrons. The average Bonchev–Trinajstić information content (AvgIpc) is 2.52. The Morgan fingerprint density at radius 3 is 2.45 bits per heavy atom. The molecule has 0 atom stereocenters. The van der Waals surface area contributed by atoms with Gasteiger partial charge in [-0.2, -0.15) is 0 Å². The van der Waals surface area contributed by atoms with Crippen molar-refractivity contribution in [3.8, 4) is 0 Å². The van der Waals surface area contributed by atoms with Gasteiger partial charge in [-0.05, 0) is 30.2 Å². The topological polar surface area (TPSA) is 58.2 Å². The first-order valence-electron chi connectivity index (χ1n) is 6.99. The summed E-state index contributed by atoms with van der Waals surface area (Å²) >= 11 is 5.83. The van der Waals surface area contributed by atoms with E-state index in [4.69, 9.17) is 11.6 Å². The zero-order valence-electron chi connectivity index (χ0n) is 12.0. The molecule has 0 spiro atoms. The minimum absolute atomic E-state index is 0.0554. The molecule has 0 bridgehead atoms. The van der Waals surface area contributed by atoms with E-state index in [2.05, 4.69) is 10.6 Å². The van der Waals surface area contributed by atoms with E-state index in [1.807, 2.05) is 30.3 Å². The van der Waals surface area contributed by atoms with E-state index >= 15 is 0 Å². The van der Waals surface area contributed by atoms with Crippen LogP contribution in [0, 0.1) is 0 Å². The van der Waals surface area contributed by atoms with Crippen molar-refractivity contribution in [3.05, 3.63) is 65.2 Å². The average molecular weight is 317 g/mol. The summed E-state index contributed by atoms with van der Waals surface area (Å²) in [6, 6.07) is 16.6. The van der Waals surface area contributed by atoms with Gasteiger partial charge in [0.2, 0.25) is 11.8 Å². The standard InChI is InChI=1S/C17H17ClN2O2/c18-14-7-4-8-15(11-14)20-17(22)12-19-16(21)10-9-13-5-2-1-3-6-13/h1-8,11H,9-10,12H2,(H,19,21)(H,20,22). The maximum absolute atomic E-state index is 11.7. The lowest BCUT2D eigenvalue weighted by molar-refractivity contribution is -0.124. The SMILES string of the molecule is O=C(CCc1ccccc1)NCC(=O)Nc1cccc(Cl)c1. The van der Waals surface area contributed by atoms with Crippen LogP contribution >= 0.6 is 11.6 Å². The van der Waals surface area contributed by atoms with E-state index in [0.717, 1.165) is 5.56 Å². The smallest absolute Gasteiger partial charge is 0.243 e. The molecule has 0 heterocycles. The second-order valence-corrected chi connectivity index (χ2v) is 5.26. The van der Waals surface area contributed by atoms with Crippen molar-refractivity contribution in [3.63, 3.8) is 0 Å². The highest BCUT2D eigenvalue weighted by atomic mass is 35.5. The molecule has 4 nitrogen and oxygen atoms in total. The minimum atomic E-state index is -0.282.